The van der Waals surface area contributed by atoms with Crippen LogP contribution in [0.4, 0.5) is 17.6 Å². The SMILES string of the molecule is COc1ccc2nccc([C@H](F)CC[C@@H]3CCN(CCCc4ccccc4C(F)(F)F)C[C@H]3CCC(=O)O)c2c1. The molecule has 3 atom stereocenters. The lowest BCUT2D eigenvalue weighted by Gasteiger charge is -2.39. The Morgan fingerprint density at radius 1 is 1.15 bits per heavy atom. The van der Waals surface area contributed by atoms with E-state index in [2.05, 4.69) is 9.88 Å². The zero-order chi connectivity index (χ0) is 28.7. The van der Waals surface area contributed by atoms with Crippen molar-refractivity contribution < 1.29 is 32.2 Å². The lowest BCUT2D eigenvalue weighted by atomic mass is 9.79. The Balaban J connectivity index is 1.36. The summed E-state index contributed by atoms with van der Waals surface area (Å²) in [5, 5.41) is 10.0. The molecule has 0 saturated carbocycles. The van der Waals surface area contributed by atoms with E-state index in [9.17, 15) is 23.1 Å². The standard InChI is InChI=1S/C31H36F4N2O3/c1-40-24-10-12-29-26(19-24)25(14-16-36-29)28(32)11-8-21-15-18-37(20-23(21)9-13-30(38)39)17-4-6-22-5-2-3-7-27(22)31(33,34)35/h2-3,5,7,10,12,14,16,19,21,23,28H,4,6,8-9,11,13,15,17-18,20H2,1H3,(H,38,39)/t21-,23-,28-/m1/s1. The molecule has 1 aliphatic heterocycles. The van der Waals surface area contributed by atoms with Crippen molar-refractivity contribution in [2.24, 2.45) is 11.8 Å². The number of hydrogen-bond donors (Lipinski definition) is 1. The molecule has 0 aliphatic carbocycles. The lowest BCUT2D eigenvalue weighted by Crippen LogP contribution is -2.41. The number of piperidine rings is 1. The summed E-state index contributed by atoms with van der Waals surface area (Å²) in [6.07, 6.45) is -0.756. The number of aliphatic carboxylic acids is 1. The predicted octanol–water partition coefficient (Wildman–Crippen LogP) is 7.49. The second-order valence-corrected chi connectivity index (χ2v) is 10.6. The Labute approximate surface area is 232 Å². The molecule has 1 saturated heterocycles. The number of benzene rings is 2. The third kappa shape index (κ3) is 7.71. The molecule has 0 amide bonds. The summed E-state index contributed by atoms with van der Waals surface area (Å²) in [4.78, 5) is 17.9. The lowest BCUT2D eigenvalue weighted by molar-refractivity contribution is -0.138. The van der Waals surface area contributed by atoms with E-state index in [-0.39, 0.29) is 18.3 Å². The Kier molecular flexibility index (Phi) is 10.0. The van der Waals surface area contributed by atoms with Gasteiger partial charge in [0, 0.05) is 24.5 Å². The zero-order valence-corrected chi connectivity index (χ0v) is 22.7. The van der Waals surface area contributed by atoms with Gasteiger partial charge in [0.1, 0.15) is 11.9 Å². The molecule has 216 valence electrons. The quantitative estimate of drug-likeness (QED) is 0.233. The number of rotatable bonds is 12. The van der Waals surface area contributed by atoms with E-state index in [1.54, 1.807) is 37.6 Å². The van der Waals surface area contributed by atoms with Crippen LogP contribution >= 0.6 is 0 Å². The van der Waals surface area contributed by atoms with Crippen LogP contribution in [-0.2, 0) is 17.4 Å². The van der Waals surface area contributed by atoms with Crippen LogP contribution in [-0.4, -0.2) is 47.7 Å². The fourth-order valence-corrected chi connectivity index (χ4v) is 5.95. The van der Waals surface area contributed by atoms with E-state index in [1.165, 1.54) is 12.1 Å². The predicted molar refractivity (Wildman–Crippen MR) is 146 cm³/mol. The number of likely N-dealkylation sites (tertiary alicyclic amines) is 1. The second-order valence-electron chi connectivity index (χ2n) is 10.6. The first-order valence-corrected chi connectivity index (χ1v) is 13.8. The first-order chi connectivity index (χ1) is 19.2. The fraction of sp³-hybridized carbons (Fsp3) is 0.484. The fourth-order valence-electron chi connectivity index (χ4n) is 5.95. The normalized spacial score (nSPS) is 19.0. The van der Waals surface area contributed by atoms with Crippen molar-refractivity contribution in [3.63, 3.8) is 0 Å². The molecule has 0 unspecified atom stereocenters. The molecular weight excluding hydrogens is 524 g/mol. The largest absolute Gasteiger partial charge is 0.497 e. The number of alkyl halides is 4. The number of aryl methyl sites for hydroxylation is 1. The Bertz CT molecular complexity index is 1280. The van der Waals surface area contributed by atoms with Crippen LogP contribution in [0.2, 0.25) is 0 Å². The number of methoxy groups -OCH3 is 1. The Morgan fingerprint density at radius 2 is 1.95 bits per heavy atom. The topological polar surface area (TPSA) is 62.7 Å². The molecule has 2 heterocycles. The van der Waals surface area contributed by atoms with Crippen LogP contribution < -0.4 is 4.74 Å². The van der Waals surface area contributed by atoms with Crippen molar-refractivity contribution in [3.8, 4) is 5.75 Å². The average molecular weight is 561 g/mol. The van der Waals surface area contributed by atoms with Crippen molar-refractivity contribution in [2.75, 3.05) is 26.7 Å². The molecule has 40 heavy (non-hydrogen) atoms. The van der Waals surface area contributed by atoms with Gasteiger partial charge in [-0.2, -0.15) is 13.2 Å². The third-order valence-electron chi connectivity index (χ3n) is 8.06. The van der Waals surface area contributed by atoms with E-state index in [4.69, 9.17) is 4.74 Å². The van der Waals surface area contributed by atoms with Gasteiger partial charge in [0.2, 0.25) is 0 Å². The number of fused-ring (bicyclic) bond motifs is 1. The van der Waals surface area contributed by atoms with Gasteiger partial charge in [-0.05, 0) is 105 Å². The van der Waals surface area contributed by atoms with Crippen LogP contribution in [0.5, 0.6) is 5.75 Å². The highest BCUT2D eigenvalue weighted by Crippen LogP contribution is 2.37. The summed E-state index contributed by atoms with van der Waals surface area (Å²) in [6, 6.07) is 12.8. The highest BCUT2D eigenvalue weighted by Gasteiger charge is 2.33. The zero-order valence-electron chi connectivity index (χ0n) is 22.7. The van der Waals surface area contributed by atoms with E-state index in [0.717, 1.165) is 24.4 Å². The number of carboxylic acid groups (broad SMARTS) is 1. The van der Waals surface area contributed by atoms with Crippen molar-refractivity contribution in [3.05, 3.63) is 71.4 Å². The summed E-state index contributed by atoms with van der Waals surface area (Å²) in [5.74, 6) is 0.0494. The van der Waals surface area contributed by atoms with Crippen molar-refractivity contribution in [1.82, 2.24) is 9.88 Å². The van der Waals surface area contributed by atoms with Crippen molar-refractivity contribution in [1.29, 1.82) is 0 Å². The molecule has 0 bridgehead atoms. The molecule has 0 radical (unpaired) electrons. The van der Waals surface area contributed by atoms with Gasteiger partial charge in [-0.25, -0.2) is 4.39 Å². The summed E-state index contributed by atoms with van der Waals surface area (Å²) >= 11 is 0. The smallest absolute Gasteiger partial charge is 0.416 e. The maximum Gasteiger partial charge on any atom is 0.416 e. The molecule has 4 rings (SSSR count). The molecule has 3 aromatic rings. The molecule has 1 aromatic heterocycles. The summed E-state index contributed by atoms with van der Waals surface area (Å²) in [6.45, 7) is 2.08. The molecule has 1 fully saturated rings. The highest BCUT2D eigenvalue weighted by molar-refractivity contribution is 5.83. The van der Waals surface area contributed by atoms with Gasteiger partial charge in [-0.3, -0.25) is 9.78 Å². The number of carboxylic acids is 1. The molecule has 2 aromatic carbocycles. The molecule has 9 heteroatoms. The van der Waals surface area contributed by atoms with Gasteiger partial charge in [0.15, 0.2) is 0 Å². The van der Waals surface area contributed by atoms with E-state index in [0.29, 0.717) is 67.6 Å². The van der Waals surface area contributed by atoms with E-state index in [1.807, 2.05) is 6.07 Å². The number of nitrogens with zero attached hydrogens (tertiary/aromatic N) is 2. The first-order valence-electron chi connectivity index (χ1n) is 13.8. The number of pyridine rings is 1. The second kappa shape index (κ2) is 13.4. The minimum absolute atomic E-state index is 0.0435. The van der Waals surface area contributed by atoms with Gasteiger partial charge in [0.25, 0.3) is 0 Å². The maximum atomic E-state index is 15.6. The number of ether oxygens (including phenoxy) is 1. The molecule has 5 nitrogen and oxygen atoms in total. The van der Waals surface area contributed by atoms with Crippen LogP contribution in [0.25, 0.3) is 10.9 Å². The minimum atomic E-state index is -4.38. The minimum Gasteiger partial charge on any atom is -0.497 e. The molecule has 0 spiro atoms. The summed E-state index contributed by atoms with van der Waals surface area (Å²) < 4.78 is 60.9. The van der Waals surface area contributed by atoms with E-state index < -0.39 is 23.9 Å². The van der Waals surface area contributed by atoms with Crippen molar-refractivity contribution in [2.45, 2.75) is 57.3 Å². The molecule has 1 aliphatic rings. The van der Waals surface area contributed by atoms with Gasteiger partial charge in [-0.1, -0.05) is 18.2 Å². The summed E-state index contributed by atoms with van der Waals surface area (Å²) in [5.41, 5.74) is 0.978. The van der Waals surface area contributed by atoms with Crippen molar-refractivity contribution >= 4 is 16.9 Å². The summed E-state index contributed by atoms with van der Waals surface area (Å²) in [7, 11) is 1.56. The Morgan fingerprint density at radius 3 is 2.70 bits per heavy atom. The van der Waals surface area contributed by atoms with E-state index >= 15 is 4.39 Å². The third-order valence-corrected chi connectivity index (χ3v) is 8.06. The number of halogens is 4. The Hall–Kier alpha value is -3.20. The number of aromatic nitrogens is 1. The maximum absolute atomic E-state index is 15.6. The molecular formula is C31H36F4N2O3. The van der Waals surface area contributed by atoms with Gasteiger partial charge in [0.05, 0.1) is 18.2 Å². The monoisotopic (exact) mass is 560 g/mol. The van der Waals surface area contributed by atoms with Crippen LogP contribution in [0.1, 0.15) is 61.4 Å². The van der Waals surface area contributed by atoms with Gasteiger partial charge >= 0.3 is 12.1 Å². The van der Waals surface area contributed by atoms with Gasteiger partial charge in [-0.15, -0.1) is 0 Å². The molecule has 1 N–H and O–H groups in total. The highest BCUT2D eigenvalue weighted by atomic mass is 19.4. The number of hydrogen-bond acceptors (Lipinski definition) is 4. The van der Waals surface area contributed by atoms with Crippen LogP contribution in [0, 0.1) is 11.8 Å². The number of carbonyl (C=O) groups is 1. The van der Waals surface area contributed by atoms with Gasteiger partial charge < -0.3 is 14.7 Å². The van der Waals surface area contributed by atoms with Crippen LogP contribution in [0.15, 0.2) is 54.7 Å². The van der Waals surface area contributed by atoms with Crippen LogP contribution in [0.3, 0.4) is 0 Å². The first kappa shape index (κ1) is 29.8. The average Bonchev–Trinajstić information content (AvgIpc) is 2.94.